The van der Waals surface area contributed by atoms with Gasteiger partial charge in [-0.15, -0.1) is 0 Å². The first-order valence-corrected chi connectivity index (χ1v) is 4.69. The monoisotopic (exact) mass is 220 g/mol. The van der Waals surface area contributed by atoms with E-state index in [9.17, 15) is 9.59 Å². The molecule has 0 saturated heterocycles. The second-order valence-corrected chi connectivity index (χ2v) is 3.13. The van der Waals surface area contributed by atoms with E-state index in [0.717, 1.165) is 0 Å². The van der Waals surface area contributed by atoms with E-state index < -0.39 is 11.9 Å². The van der Waals surface area contributed by atoms with Crippen LogP contribution in [-0.2, 0) is 20.7 Å². The molecule has 0 aliphatic heterocycles. The lowest BCUT2D eigenvalue weighted by Gasteiger charge is -2.02. The Morgan fingerprint density at radius 2 is 2.06 bits per heavy atom. The summed E-state index contributed by atoms with van der Waals surface area (Å²) in [4.78, 5) is 21.5. The summed E-state index contributed by atoms with van der Waals surface area (Å²) in [6.07, 6.45) is 2.74. The van der Waals surface area contributed by atoms with Crippen LogP contribution in [0.5, 0.6) is 0 Å². The van der Waals surface area contributed by atoms with Crippen LogP contribution in [0.25, 0.3) is 6.08 Å². The SMILES string of the molecule is COC(=O)C=Cc1ccccc1CC(=O)O. The number of carbonyl (C=O) groups is 2. The smallest absolute Gasteiger partial charge is 0.330 e. The molecule has 0 saturated carbocycles. The maximum Gasteiger partial charge on any atom is 0.330 e. The van der Waals surface area contributed by atoms with Gasteiger partial charge in [-0.1, -0.05) is 24.3 Å². The first-order valence-electron chi connectivity index (χ1n) is 4.69. The molecule has 0 spiro atoms. The van der Waals surface area contributed by atoms with Crippen LogP contribution in [0.15, 0.2) is 30.3 Å². The highest BCUT2D eigenvalue weighted by molar-refractivity contribution is 5.87. The van der Waals surface area contributed by atoms with Gasteiger partial charge in [0.2, 0.25) is 0 Å². The fourth-order valence-electron chi connectivity index (χ4n) is 1.25. The molecule has 0 unspecified atom stereocenters. The van der Waals surface area contributed by atoms with Gasteiger partial charge in [-0.25, -0.2) is 4.79 Å². The number of esters is 1. The summed E-state index contributed by atoms with van der Waals surface area (Å²) in [5.74, 6) is -1.37. The maximum absolute atomic E-state index is 10.9. The highest BCUT2D eigenvalue weighted by atomic mass is 16.5. The van der Waals surface area contributed by atoms with Crippen LogP contribution in [0, 0.1) is 0 Å². The van der Waals surface area contributed by atoms with Gasteiger partial charge in [0.15, 0.2) is 0 Å². The zero-order valence-electron chi connectivity index (χ0n) is 8.84. The number of aliphatic carboxylic acids is 1. The van der Waals surface area contributed by atoms with Crippen molar-refractivity contribution in [2.45, 2.75) is 6.42 Å². The third-order valence-electron chi connectivity index (χ3n) is 2.00. The Morgan fingerprint density at radius 1 is 1.38 bits per heavy atom. The van der Waals surface area contributed by atoms with Crippen LogP contribution >= 0.6 is 0 Å². The number of carboxylic acid groups (broad SMARTS) is 1. The fraction of sp³-hybridized carbons (Fsp3) is 0.167. The molecule has 84 valence electrons. The standard InChI is InChI=1S/C12H12O4/c1-16-12(15)7-6-9-4-2-3-5-10(9)8-11(13)14/h2-7H,8H2,1H3,(H,13,14). The van der Waals surface area contributed by atoms with Crippen molar-refractivity contribution >= 4 is 18.0 Å². The van der Waals surface area contributed by atoms with E-state index in [1.54, 1.807) is 30.3 Å². The van der Waals surface area contributed by atoms with Crippen molar-refractivity contribution < 1.29 is 19.4 Å². The van der Waals surface area contributed by atoms with Crippen molar-refractivity contribution in [1.29, 1.82) is 0 Å². The van der Waals surface area contributed by atoms with E-state index in [1.807, 2.05) is 0 Å². The molecule has 0 amide bonds. The summed E-state index contributed by atoms with van der Waals surface area (Å²) in [5, 5.41) is 8.70. The van der Waals surface area contributed by atoms with Crippen LogP contribution in [0.1, 0.15) is 11.1 Å². The van der Waals surface area contributed by atoms with Gasteiger partial charge in [0.05, 0.1) is 13.5 Å². The first-order chi connectivity index (χ1) is 7.63. The molecule has 4 heteroatoms. The molecule has 0 radical (unpaired) electrons. The molecular formula is C12H12O4. The largest absolute Gasteiger partial charge is 0.481 e. The van der Waals surface area contributed by atoms with Crippen molar-refractivity contribution in [2.75, 3.05) is 7.11 Å². The molecule has 1 aromatic carbocycles. The fourth-order valence-corrected chi connectivity index (χ4v) is 1.25. The van der Waals surface area contributed by atoms with Crippen molar-refractivity contribution in [1.82, 2.24) is 0 Å². The summed E-state index contributed by atoms with van der Waals surface area (Å²) in [5.41, 5.74) is 1.37. The van der Waals surface area contributed by atoms with E-state index in [-0.39, 0.29) is 6.42 Å². The lowest BCUT2D eigenvalue weighted by atomic mass is 10.0. The van der Waals surface area contributed by atoms with Crippen molar-refractivity contribution in [3.05, 3.63) is 41.5 Å². The number of hydrogen-bond donors (Lipinski definition) is 1. The molecule has 1 N–H and O–H groups in total. The second kappa shape index (κ2) is 5.70. The molecule has 0 fully saturated rings. The molecular weight excluding hydrogens is 208 g/mol. The number of methoxy groups -OCH3 is 1. The van der Waals surface area contributed by atoms with Gasteiger partial charge in [0.25, 0.3) is 0 Å². The van der Waals surface area contributed by atoms with E-state index in [1.165, 1.54) is 13.2 Å². The molecule has 1 rings (SSSR count). The molecule has 1 aromatic rings. The average molecular weight is 220 g/mol. The number of ether oxygens (including phenoxy) is 1. The molecule has 0 heterocycles. The van der Waals surface area contributed by atoms with Crippen LogP contribution < -0.4 is 0 Å². The van der Waals surface area contributed by atoms with Gasteiger partial charge in [-0.3, -0.25) is 4.79 Å². The number of hydrogen-bond acceptors (Lipinski definition) is 3. The van der Waals surface area contributed by atoms with E-state index in [0.29, 0.717) is 11.1 Å². The Kier molecular flexibility index (Phi) is 4.27. The summed E-state index contributed by atoms with van der Waals surface area (Å²) < 4.78 is 4.45. The molecule has 0 aliphatic rings. The van der Waals surface area contributed by atoms with Gasteiger partial charge < -0.3 is 9.84 Å². The van der Waals surface area contributed by atoms with Gasteiger partial charge >= 0.3 is 11.9 Å². The van der Waals surface area contributed by atoms with Crippen molar-refractivity contribution in [3.63, 3.8) is 0 Å². The molecule has 16 heavy (non-hydrogen) atoms. The average Bonchev–Trinajstić information content (AvgIpc) is 2.26. The number of benzene rings is 1. The molecule has 0 aromatic heterocycles. The van der Waals surface area contributed by atoms with E-state index >= 15 is 0 Å². The highest BCUT2D eigenvalue weighted by Crippen LogP contribution is 2.11. The predicted molar refractivity (Wildman–Crippen MR) is 58.8 cm³/mol. The summed E-state index contributed by atoms with van der Waals surface area (Å²) >= 11 is 0. The second-order valence-electron chi connectivity index (χ2n) is 3.13. The normalized spacial score (nSPS) is 10.3. The Bertz CT molecular complexity index is 421. The first kappa shape index (κ1) is 12.0. The van der Waals surface area contributed by atoms with E-state index in [2.05, 4.69) is 4.74 Å². The minimum Gasteiger partial charge on any atom is -0.481 e. The van der Waals surface area contributed by atoms with Gasteiger partial charge in [-0.2, -0.15) is 0 Å². The lowest BCUT2D eigenvalue weighted by Crippen LogP contribution is -2.02. The van der Waals surface area contributed by atoms with Crippen LogP contribution in [0.2, 0.25) is 0 Å². The van der Waals surface area contributed by atoms with Crippen LogP contribution in [0.4, 0.5) is 0 Å². The highest BCUT2D eigenvalue weighted by Gasteiger charge is 2.04. The summed E-state index contributed by atoms with van der Waals surface area (Å²) in [6.45, 7) is 0. The number of carboxylic acids is 1. The lowest BCUT2D eigenvalue weighted by molar-refractivity contribution is -0.136. The van der Waals surface area contributed by atoms with E-state index in [4.69, 9.17) is 5.11 Å². The van der Waals surface area contributed by atoms with Gasteiger partial charge in [0, 0.05) is 6.08 Å². The minimum atomic E-state index is -0.904. The Morgan fingerprint density at radius 3 is 2.69 bits per heavy atom. The van der Waals surface area contributed by atoms with Crippen molar-refractivity contribution in [3.8, 4) is 0 Å². The topological polar surface area (TPSA) is 63.6 Å². The minimum absolute atomic E-state index is 0.0678. The predicted octanol–water partition coefficient (Wildman–Crippen LogP) is 1.50. The summed E-state index contributed by atoms with van der Waals surface area (Å²) in [6, 6.07) is 7.00. The quantitative estimate of drug-likeness (QED) is 0.617. The Balaban J connectivity index is 2.90. The summed E-state index contributed by atoms with van der Waals surface area (Å²) in [7, 11) is 1.29. The molecule has 4 nitrogen and oxygen atoms in total. The van der Waals surface area contributed by atoms with Gasteiger partial charge in [0.1, 0.15) is 0 Å². The zero-order chi connectivity index (χ0) is 12.0. The molecule has 0 aliphatic carbocycles. The van der Waals surface area contributed by atoms with Gasteiger partial charge in [-0.05, 0) is 17.2 Å². The number of carbonyl (C=O) groups excluding carboxylic acids is 1. The third-order valence-corrected chi connectivity index (χ3v) is 2.00. The van der Waals surface area contributed by atoms with Crippen molar-refractivity contribution in [2.24, 2.45) is 0 Å². The Hall–Kier alpha value is -2.10. The Labute approximate surface area is 93.2 Å². The van der Waals surface area contributed by atoms with Crippen LogP contribution in [-0.4, -0.2) is 24.2 Å². The molecule has 0 bridgehead atoms. The maximum atomic E-state index is 10.9. The zero-order valence-corrected chi connectivity index (χ0v) is 8.84. The number of rotatable bonds is 4. The van der Waals surface area contributed by atoms with Crippen LogP contribution in [0.3, 0.4) is 0 Å². The third kappa shape index (κ3) is 3.57. The molecule has 0 atom stereocenters.